The average Bonchev–Trinajstić information content (AvgIpc) is 3.15. The number of carbonyl (C=O) groups is 2. The summed E-state index contributed by atoms with van der Waals surface area (Å²) in [6, 6.07) is 9.80. The van der Waals surface area contributed by atoms with Crippen molar-refractivity contribution in [3.8, 4) is 11.1 Å². The van der Waals surface area contributed by atoms with Crippen molar-refractivity contribution in [1.82, 2.24) is 14.8 Å². The first kappa shape index (κ1) is 23.0. The van der Waals surface area contributed by atoms with E-state index in [1.165, 1.54) is 24.3 Å². The van der Waals surface area contributed by atoms with Crippen molar-refractivity contribution >= 4 is 22.7 Å². The van der Waals surface area contributed by atoms with Gasteiger partial charge in [-0.2, -0.15) is 5.10 Å². The summed E-state index contributed by atoms with van der Waals surface area (Å²) in [5.41, 5.74) is 14.3. The number of fused-ring (bicyclic) bond motifs is 1. The van der Waals surface area contributed by atoms with E-state index in [0.717, 1.165) is 17.3 Å². The molecule has 4 N–H and O–H groups in total. The molecule has 0 atom stereocenters. The number of amides is 2. The Kier molecular flexibility index (Phi) is 6.10. The van der Waals surface area contributed by atoms with Gasteiger partial charge in [0.25, 0.3) is 5.91 Å². The highest BCUT2D eigenvalue weighted by molar-refractivity contribution is 6.15. The maximum atomic E-state index is 13.9. The van der Waals surface area contributed by atoms with Gasteiger partial charge in [0.2, 0.25) is 5.91 Å². The number of hydrogen-bond acceptors (Lipinski definition) is 4. The summed E-state index contributed by atoms with van der Waals surface area (Å²) in [7, 11) is 0. The second-order valence-corrected chi connectivity index (χ2v) is 7.86. The monoisotopic (exact) mass is 463 g/mol. The molecule has 0 saturated heterocycles. The predicted molar refractivity (Wildman–Crippen MR) is 124 cm³/mol. The molecule has 2 amide bonds. The molecule has 0 unspecified atom stereocenters. The predicted octanol–water partition coefficient (Wildman–Crippen LogP) is 3.75. The number of nitrogens with two attached hydrogens (primary N) is 2. The molecule has 0 aliphatic heterocycles. The third-order valence-electron chi connectivity index (χ3n) is 5.72. The summed E-state index contributed by atoms with van der Waals surface area (Å²) in [5, 5.41) is 5.03. The number of aromatic nitrogens is 3. The number of nitrogens with zero attached hydrogens (tertiary/aromatic N) is 3. The highest BCUT2D eigenvalue weighted by atomic mass is 19.1. The van der Waals surface area contributed by atoms with E-state index in [9.17, 15) is 18.4 Å². The minimum Gasteiger partial charge on any atom is -0.366 e. The average molecular weight is 463 g/mol. The van der Waals surface area contributed by atoms with Crippen LogP contribution in [-0.2, 0) is 19.4 Å². The Bertz CT molecular complexity index is 1430. The Morgan fingerprint density at radius 2 is 1.59 bits per heavy atom. The highest BCUT2D eigenvalue weighted by Crippen LogP contribution is 2.37. The number of hydrogen-bond donors (Lipinski definition) is 2. The highest BCUT2D eigenvalue weighted by Gasteiger charge is 2.29. The lowest BCUT2D eigenvalue weighted by molar-refractivity contribution is 0.0996. The molecule has 0 bridgehead atoms. The summed E-state index contributed by atoms with van der Waals surface area (Å²) in [4.78, 5) is 29.5. The summed E-state index contributed by atoms with van der Waals surface area (Å²) >= 11 is 0. The van der Waals surface area contributed by atoms with Crippen molar-refractivity contribution in [3.63, 3.8) is 0 Å². The van der Waals surface area contributed by atoms with Crippen LogP contribution in [0.3, 0.4) is 0 Å². The minimum absolute atomic E-state index is 0.0320. The van der Waals surface area contributed by atoms with Crippen molar-refractivity contribution in [2.75, 3.05) is 0 Å². The second-order valence-electron chi connectivity index (χ2n) is 7.86. The number of pyridine rings is 1. The minimum atomic E-state index is -0.876. The van der Waals surface area contributed by atoms with Crippen LogP contribution in [0.4, 0.5) is 8.78 Å². The number of rotatable bonds is 7. The summed E-state index contributed by atoms with van der Waals surface area (Å²) in [6.45, 7) is 4.16. The third kappa shape index (κ3) is 4.00. The first-order valence-corrected chi connectivity index (χ1v) is 10.8. The SMILES string of the molecule is CCc1nn(Cc2ccc(F)cc2)c(CC)c1-c1c(C(N)=O)nc2cc(F)ccc2c1C(N)=O. The van der Waals surface area contributed by atoms with E-state index >= 15 is 0 Å². The van der Waals surface area contributed by atoms with Crippen LogP contribution in [0.1, 0.15) is 51.6 Å². The molecule has 2 aromatic carbocycles. The number of primary amides is 2. The van der Waals surface area contributed by atoms with Gasteiger partial charge in [-0.25, -0.2) is 13.8 Å². The second kappa shape index (κ2) is 9.01. The standard InChI is InChI=1S/C25H23F2N5O2/c1-3-17-21(19(4-2)32(31-17)12-13-5-7-14(26)8-6-13)22-20(24(28)33)16-10-9-15(27)11-18(16)30-23(22)25(29)34/h5-11H,3-4,12H2,1-2H3,(H2,28,33)(H2,29,34). The van der Waals surface area contributed by atoms with Crippen molar-refractivity contribution in [2.24, 2.45) is 11.5 Å². The summed E-state index contributed by atoms with van der Waals surface area (Å²) < 4.78 is 29.0. The smallest absolute Gasteiger partial charge is 0.267 e. The van der Waals surface area contributed by atoms with Crippen LogP contribution < -0.4 is 11.5 Å². The first-order valence-electron chi connectivity index (χ1n) is 10.8. The van der Waals surface area contributed by atoms with Gasteiger partial charge >= 0.3 is 0 Å². The number of carbonyl (C=O) groups excluding carboxylic acids is 2. The van der Waals surface area contributed by atoms with E-state index in [0.29, 0.717) is 36.0 Å². The van der Waals surface area contributed by atoms with Gasteiger partial charge in [0.05, 0.1) is 23.3 Å². The number of halogens is 2. The van der Waals surface area contributed by atoms with Gasteiger partial charge in [-0.15, -0.1) is 0 Å². The Balaban J connectivity index is 2.06. The normalized spacial score (nSPS) is 11.2. The molecule has 4 rings (SSSR count). The molecule has 0 saturated carbocycles. The molecule has 9 heteroatoms. The number of benzene rings is 2. The lowest BCUT2D eigenvalue weighted by atomic mass is 9.91. The molecule has 7 nitrogen and oxygen atoms in total. The molecule has 0 fully saturated rings. The fourth-order valence-corrected chi connectivity index (χ4v) is 4.26. The maximum absolute atomic E-state index is 13.9. The zero-order valence-corrected chi connectivity index (χ0v) is 18.7. The van der Waals surface area contributed by atoms with E-state index in [4.69, 9.17) is 16.6 Å². The molecule has 0 aliphatic carbocycles. The van der Waals surface area contributed by atoms with Gasteiger partial charge in [0.15, 0.2) is 0 Å². The van der Waals surface area contributed by atoms with Crippen LogP contribution >= 0.6 is 0 Å². The molecule has 4 aromatic rings. The largest absolute Gasteiger partial charge is 0.366 e. The lowest BCUT2D eigenvalue weighted by Crippen LogP contribution is -2.21. The fourth-order valence-electron chi connectivity index (χ4n) is 4.26. The van der Waals surface area contributed by atoms with Crippen LogP contribution in [0.5, 0.6) is 0 Å². The van der Waals surface area contributed by atoms with E-state index in [1.54, 1.807) is 16.8 Å². The van der Waals surface area contributed by atoms with Crippen LogP contribution in [0.15, 0.2) is 42.5 Å². The van der Waals surface area contributed by atoms with Crippen LogP contribution in [0.2, 0.25) is 0 Å². The van der Waals surface area contributed by atoms with Crippen LogP contribution in [0, 0.1) is 11.6 Å². The molecule has 2 aromatic heterocycles. The third-order valence-corrected chi connectivity index (χ3v) is 5.72. The first-order chi connectivity index (χ1) is 16.2. The van der Waals surface area contributed by atoms with Crippen molar-refractivity contribution < 1.29 is 18.4 Å². The van der Waals surface area contributed by atoms with Crippen LogP contribution in [0.25, 0.3) is 22.0 Å². The molecular formula is C25H23F2N5O2. The van der Waals surface area contributed by atoms with E-state index in [1.807, 2.05) is 13.8 Å². The van der Waals surface area contributed by atoms with E-state index in [2.05, 4.69) is 4.98 Å². The zero-order chi connectivity index (χ0) is 24.6. The zero-order valence-electron chi connectivity index (χ0n) is 18.7. The van der Waals surface area contributed by atoms with E-state index < -0.39 is 17.6 Å². The fraction of sp³-hybridized carbons (Fsp3) is 0.200. The Morgan fingerprint density at radius 1 is 0.912 bits per heavy atom. The molecule has 2 heterocycles. The van der Waals surface area contributed by atoms with Gasteiger partial charge in [0, 0.05) is 28.3 Å². The topological polar surface area (TPSA) is 117 Å². The van der Waals surface area contributed by atoms with Gasteiger partial charge in [-0.1, -0.05) is 26.0 Å². The van der Waals surface area contributed by atoms with Gasteiger partial charge in [-0.3, -0.25) is 14.3 Å². The van der Waals surface area contributed by atoms with Crippen molar-refractivity contribution in [3.05, 3.63) is 82.3 Å². The summed E-state index contributed by atoms with van der Waals surface area (Å²) in [5.74, 6) is -2.59. The molecule has 0 spiro atoms. The Labute approximate surface area is 194 Å². The number of aryl methyl sites for hydroxylation is 1. The van der Waals surface area contributed by atoms with Gasteiger partial charge in [0.1, 0.15) is 17.3 Å². The van der Waals surface area contributed by atoms with E-state index in [-0.39, 0.29) is 28.2 Å². The lowest BCUT2D eigenvalue weighted by Gasteiger charge is -2.16. The van der Waals surface area contributed by atoms with Crippen molar-refractivity contribution in [2.45, 2.75) is 33.2 Å². The quantitative estimate of drug-likeness (QED) is 0.434. The van der Waals surface area contributed by atoms with Crippen LogP contribution in [-0.4, -0.2) is 26.6 Å². The Morgan fingerprint density at radius 3 is 2.18 bits per heavy atom. The molecule has 34 heavy (non-hydrogen) atoms. The van der Waals surface area contributed by atoms with Gasteiger partial charge < -0.3 is 11.5 Å². The van der Waals surface area contributed by atoms with Gasteiger partial charge in [-0.05, 0) is 42.7 Å². The molecule has 174 valence electrons. The maximum Gasteiger partial charge on any atom is 0.267 e. The summed E-state index contributed by atoms with van der Waals surface area (Å²) in [6.07, 6.45) is 0.984. The molecular weight excluding hydrogens is 440 g/mol. The molecule has 0 aliphatic rings. The van der Waals surface area contributed by atoms with Crippen molar-refractivity contribution in [1.29, 1.82) is 0 Å². The Hall–Kier alpha value is -4.14. The molecule has 0 radical (unpaired) electrons.